The zero-order valence-corrected chi connectivity index (χ0v) is 48.9. The Kier molecular flexibility index (Phi) is 19.1. The normalized spacial score (nSPS) is 19.7. The number of hydrogen-bond donors (Lipinski definition) is 6. The number of nitrogens with one attached hydrogen (secondary N) is 5. The minimum atomic E-state index is -0.718. The predicted octanol–water partition coefficient (Wildman–Crippen LogP) is 15.8. The number of methoxy groups -OCH3 is 1. The summed E-state index contributed by atoms with van der Waals surface area (Å²) in [5.41, 5.74) is 2.47. The van der Waals surface area contributed by atoms with Gasteiger partial charge in [0, 0.05) is 18.7 Å². The van der Waals surface area contributed by atoms with Crippen LogP contribution in [0.1, 0.15) is 176 Å². The number of aliphatic hydroxyl groups is 1. The summed E-state index contributed by atoms with van der Waals surface area (Å²) in [6.07, 6.45) is 20.6. The largest absolute Gasteiger partial charge is 0.465 e. The molecule has 76 heavy (non-hydrogen) atoms. The fourth-order valence-corrected chi connectivity index (χ4v) is 16.8. The van der Waals surface area contributed by atoms with Crippen LogP contribution in [0.4, 0.5) is 42.8 Å². The predicted molar refractivity (Wildman–Crippen MR) is 306 cm³/mol. The number of fused-ring (bicyclic) bond motifs is 6. The highest BCUT2D eigenvalue weighted by molar-refractivity contribution is 9.11. The van der Waals surface area contributed by atoms with Crippen molar-refractivity contribution in [3.05, 3.63) is 79.5 Å². The summed E-state index contributed by atoms with van der Waals surface area (Å²) in [5.74, 6) is -0.721. The Balaban J connectivity index is 0.000000126. The maximum absolute atomic E-state index is 11.6. The average Bonchev–Trinajstić information content (AvgIpc) is 4.27. The number of thiophene rings is 5. The molecule has 8 heterocycles. The number of amides is 5. The van der Waals surface area contributed by atoms with Crippen LogP contribution in [0.25, 0.3) is 0 Å². The van der Waals surface area contributed by atoms with Crippen LogP contribution >= 0.6 is 72.6 Å². The molecule has 0 bridgehead atoms. The Hall–Kier alpha value is -4.84. The smallest absolute Gasteiger partial charge is 0.412 e. The van der Waals surface area contributed by atoms with E-state index in [4.69, 9.17) is 14.2 Å². The van der Waals surface area contributed by atoms with Gasteiger partial charge in [-0.1, -0.05) is 38.5 Å². The molecule has 6 N–H and O–H groups in total. The molecule has 0 atom stereocenters. The van der Waals surface area contributed by atoms with Crippen molar-refractivity contribution in [1.29, 1.82) is 0 Å². The molecule has 0 unspecified atom stereocenters. The van der Waals surface area contributed by atoms with Crippen LogP contribution in [-0.2, 0) is 50.9 Å². The maximum atomic E-state index is 11.6. The fraction of sp³-hybridized carbons (Fsp3) is 0.519. The standard InChI is InChI=1S/C12H15NO2S.C12H17NO2S.C11H12BrNO2S.C11H13NO2S.C8H9NO3S/c1-8-7-9-10(16-8)12(15-11(14)13-9)5-3-2-4-6-12;1-9(14)13-10-5-8-16-11(10)12(15)6-3-2-4-7-12;12-8-6-7-9(16-8)11(15-10(14)13-7)4-2-1-3-5-11;13-10-12-8-4-7-15-9(8)11(14-10)5-2-1-3-6-11;1-5(10)9-6-3-4-13-7(6)8(11)12-2/h7H,2-6H2,1H3,(H,13,14);5,8,15H,2-4,6-7H2,1H3,(H,13,14);6H,1-5H2,(H,13,14);4,7H,1-3,5-6H2,(H,12,13);3-4H,1-2H3,(H,9,10). The third-order valence-electron chi connectivity index (χ3n) is 14.4. The number of anilines is 5. The molecule has 0 aromatic carbocycles. The van der Waals surface area contributed by atoms with Crippen molar-refractivity contribution in [3.8, 4) is 0 Å². The van der Waals surface area contributed by atoms with Crippen molar-refractivity contribution in [2.45, 2.75) is 172 Å². The number of rotatable bonds is 4. The van der Waals surface area contributed by atoms with E-state index in [9.17, 15) is 33.9 Å². The topological polar surface area (TPSA) is 220 Å². The van der Waals surface area contributed by atoms with E-state index >= 15 is 0 Å². The molecule has 410 valence electrons. The fourth-order valence-electron chi connectivity index (χ4n) is 11.1. The molecular weight excluding hydrogens is 1130 g/mol. The van der Waals surface area contributed by atoms with E-state index in [1.54, 1.807) is 45.5 Å². The molecule has 5 aromatic rings. The lowest BCUT2D eigenvalue weighted by atomic mass is 9.82. The van der Waals surface area contributed by atoms with Gasteiger partial charge in [0.05, 0.1) is 58.8 Å². The first kappa shape index (κ1) is 57.3. The number of esters is 1. The molecule has 7 aliphatic rings. The molecular formula is C54H66BrN5O11S5. The van der Waals surface area contributed by atoms with Gasteiger partial charge in [0.1, 0.15) is 10.5 Å². The first-order valence-electron chi connectivity index (χ1n) is 26.0. The van der Waals surface area contributed by atoms with Crippen LogP contribution in [0.2, 0.25) is 0 Å². The Morgan fingerprint density at radius 3 is 1.51 bits per heavy atom. The van der Waals surface area contributed by atoms with Gasteiger partial charge in [-0.3, -0.25) is 25.5 Å². The summed E-state index contributed by atoms with van der Waals surface area (Å²) in [5, 5.41) is 29.9. The van der Waals surface area contributed by atoms with Gasteiger partial charge in [0.2, 0.25) is 11.8 Å². The molecule has 4 saturated carbocycles. The van der Waals surface area contributed by atoms with Gasteiger partial charge in [-0.15, -0.1) is 56.7 Å². The van der Waals surface area contributed by atoms with Gasteiger partial charge >= 0.3 is 24.2 Å². The molecule has 0 radical (unpaired) electrons. The minimum Gasteiger partial charge on any atom is -0.465 e. The van der Waals surface area contributed by atoms with E-state index in [2.05, 4.69) is 60.2 Å². The molecule has 4 aliphatic carbocycles. The lowest BCUT2D eigenvalue weighted by molar-refractivity contribution is -0.115. The van der Waals surface area contributed by atoms with Gasteiger partial charge in [0.15, 0.2) is 16.8 Å². The molecule has 3 spiro atoms. The number of halogens is 1. The summed E-state index contributed by atoms with van der Waals surface area (Å²) < 4.78 is 22.4. The number of carbonyl (C=O) groups excluding carboxylic acids is 6. The van der Waals surface area contributed by atoms with Crippen LogP contribution < -0.4 is 26.6 Å². The van der Waals surface area contributed by atoms with Gasteiger partial charge < -0.3 is 34.7 Å². The monoisotopic (exact) mass is 1200 g/mol. The van der Waals surface area contributed by atoms with Crippen LogP contribution in [0.3, 0.4) is 0 Å². The highest BCUT2D eigenvalue weighted by Crippen LogP contribution is 2.52. The number of carbonyl (C=O) groups is 6. The third-order valence-corrected chi connectivity index (χ3v) is 20.6. The molecule has 5 aromatic heterocycles. The van der Waals surface area contributed by atoms with Crippen molar-refractivity contribution in [2.75, 3.05) is 33.7 Å². The van der Waals surface area contributed by atoms with Crippen LogP contribution in [-0.4, -0.2) is 48.3 Å². The summed E-state index contributed by atoms with van der Waals surface area (Å²) in [7, 11) is 1.31. The van der Waals surface area contributed by atoms with Gasteiger partial charge in [-0.25, -0.2) is 19.2 Å². The van der Waals surface area contributed by atoms with Crippen molar-refractivity contribution in [1.82, 2.24) is 0 Å². The van der Waals surface area contributed by atoms with Crippen LogP contribution in [0.5, 0.6) is 0 Å². The third kappa shape index (κ3) is 13.5. The molecule has 4 fully saturated rings. The SMILES string of the molecule is CC(=O)Nc1ccsc1C1(O)CCCCC1.COC(=O)c1sccc1NC(C)=O.Cc1cc2c(s1)C1(CCCCC1)OC(=O)N2.O=C1Nc2cc(Br)sc2C2(CCCCC2)O1.O=C1Nc2ccsc2C2(CCCCC2)O1. The number of ether oxygens (including phenoxy) is 4. The van der Waals surface area contributed by atoms with E-state index < -0.39 is 11.6 Å². The van der Waals surface area contributed by atoms with Crippen molar-refractivity contribution >= 4 is 137 Å². The second-order valence-corrected chi connectivity index (χ2v) is 26.5. The lowest BCUT2D eigenvalue weighted by Gasteiger charge is -2.39. The minimum absolute atomic E-state index is 0.0842. The summed E-state index contributed by atoms with van der Waals surface area (Å²) >= 11 is 11.4. The van der Waals surface area contributed by atoms with E-state index in [1.165, 1.54) is 88.8 Å². The maximum Gasteiger partial charge on any atom is 0.412 e. The highest BCUT2D eigenvalue weighted by atomic mass is 79.9. The number of hydrogen-bond acceptors (Lipinski definition) is 16. The van der Waals surface area contributed by atoms with E-state index in [0.29, 0.717) is 10.6 Å². The van der Waals surface area contributed by atoms with Crippen LogP contribution in [0.15, 0.2) is 50.3 Å². The highest BCUT2D eigenvalue weighted by Gasteiger charge is 2.46. The number of aryl methyl sites for hydroxylation is 1. The van der Waals surface area contributed by atoms with Crippen molar-refractivity contribution < 1.29 is 52.8 Å². The zero-order valence-electron chi connectivity index (χ0n) is 43.2. The first-order chi connectivity index (χ1) is 36.5. The van der Waals surface area contributed by atoms with E-state index in [1.807, 2.05) is 29.0 Å². The van der Waals surface area contributed by atoms with Crippen LogP contribution in [0, 0.1) is 6.92 Å². The lowest BCUT2D eigenvalue weighted by Crippen LogP contribution is -2.39. The van der Waals surface area contributed by atoms with Gasteiger partial charge in [-0.05, 0) is 159 Å². The molecule has 3 aliphatic heterocycles. The first-order valence-corrected chi connectivity index (χ1v) is 31.0. The molecule has 0 saturated heterocycles. The molecule has 22 heteroatoms. The Labute approximate surface area is 471 Å². The van der Waals surface area contributed by atoms with Crippen molar-refractivity contribution in [3.63, 3.8) is 0 Å². The van der Waals surface area contributed by atoms with Crippen molar-refractivity contribution in [2.24, 2.45) is 0 Å². The summed E-state index contributed by atoms with van der Waals surface area (Å²) in [6, 6.07) is 9.52. The quantitative estimate of drug-likeness (QED) is 0.0734. The second-order valence-electron chi connectivity index (χ2n) is 20.0. The molecule has 12 rings (SSSR count). The summed E-state index contributed by atoms with van der Waals surface area (Å²) in [4.78, 5) is 73.7. The van der Waals surface area contributed by atoms with E-state index in [0.717, 1.165) is 134 Å². The Morgan fingerprint density at radius 1 is 0.566 bits per heavy atom. The summed E-state index contributed by atoms with van der Waals surface area (Å²) in [6.45, 7) is 4.96. The zero-order chi connectivity index (χ0) is 54.1. The molecule has 16 nitrogen and oxygen atoms in total. The second kappa shape index (κ2) is 25.3. The van der Waals surface area contributed by atoms with Gasteiger partial charge in [0.25, 0.3) is 0 Å². The Morgan fingerprint density at radius 2 is 0.987 bits per heavy atom. The van der Waals surface area contributed by atoms with Gasteiger partial charge in [-0.2, -0.15) is 0 Å². The van der Waals surface area contributed by atoms with E-state index in [-0.39, 0.29) is 46.9 Å². The molecule has 5 amide bonds. The Bertz CT molecular complexity index is 2780. The average molecular weight is 1200 g/mol.